The molecular weight excluding hydrogens is 240 g/mol. The van der Waals surface area contributed by atoms with E-state index in [1.807, 2.05) is 38.2 Å². The SMILES string of the molecule is CCC/C=C/C=C/C=C(\C)[C@H]1OC[C@H](C)[C@H](O)[C@@H]1O. The van der Waals surface area contributed by atoms with Crippen LogP contribution in [-0.2, 0) is 4.74 Å². The maximum atomic E-state index is 10.00. The van der Waals surface area contributed by atoms with Crippen LogP contribution in [-0.4, -0.2) is 35.1 Å². The molecule has 0 aromatic rings. The number of rotatable bonds is 5. The molecule has 1 rings (SSSR count). The van der Waals surface area contributed by atoms with Gasteiger partial charge in [-0.05, 0) is 18.9 Å². The van der Waals surface area contributed by atoms with Gasteiger partial charge in [-0.2, -0.15) is 0 Å². The molecular formula is C16H26O3. The zero-order valence-corrected chi connectivity index (χ0v) is 12.1. The average Bonchev–Trinajstić information content (AvgIpc) is 2.40. The first-order chi connectivity index (χ1) is 9.07. The predicted octanol–water partition coefficient (Wildman–Crippen LogP) is 2.60. The van der Waals surface area contributed by atoms with Crippen molar-refractivity contribution in [2.45, 2.75) is 51.9 Å². The molecule has 0 spiro atoms. The van der Waals surface area contributed by atoms with Crippen LogP contribution >= 0.6 is 0 Å². The van der Waals surface area contributed by atoms with Crippen LogP contribution in [0.5, 0.6) is 0 Å². The maximum absolute atomic E-state index is 10.00. The minimum absolute atomic E-state index is 0.0217. The topological polar surface area (TPSA) is 49.7 Å². The van der Waals surface area contributed by atoms with Crippen molar-refractivity contribution in [2.75, 3.05) is 6.61 Å². The van der Waals surface area contributed by atoms with Crippen molar-refractivity contribution in [2.24, 2.45) is 5.92 Å². The highest BCUT2D eigenvalue weighted by Gasteiger charge is 2.36. The molecule has 0 aromatic heterocycles. The highest BCUT2D eigenvalue weighted by atomic mass is 16.5. The summed E-state index contributed by atoms with van der Waals surface area (Å²) in [4.78, 5) is 0. The van der Waals surface area contributed by atoms with Gasteiger partial charge in [0, 0.05) is 5.92 Å². The molecule has 1 aliphatic rings. The van der Waals surface area contributed by atoms with E-state index < -0.39 is 18.3 Å². The van der Waals surface area contributed by atoms with Gasteiger partial charge in [-0.25, -0.2) is 0 Å². The Bertz CT molecular complexity index is 344. The second-order valence-electron chi connectivity index (χ2n) is 5.22. The monoisotopic (exact) mass is 266 g/mol. The number of hydrogen-bond donors (Lipinski definition) is 2. The first-order valence-corrected chi connectivity index (χ1v) is 7.05. The second-order valence-corrected chi connectivity index (χ2v) is 5.22. The molecule has 19 heavy (non-hydrogen) atoms. The molecule has 3 nitrogen and oxygen atoms in total. The van der Waals surface area contributed by atoms with E-state index in [1.165, 1.54) is 0 Å². The van der Waals surface area contributed by atoms with Crippen molar-refractivity contribution < 1.29 is 14.9 Å². The van der Waals surface area contributed by atoms with Crippen LogP contribution in [0.2, 0.25) is 0 Å². The lowest BCUT2D eigenvalue weighted by Gasteiger charge is -2.36. The third-order valence-electron chi connectivity index (χ3n) is 3.40. The third kappa shape index (κ3) is 4.94. The molecule has 0 aromatic carbocycles. The average molecular weight is 266 g/mol. The second kappa shape index (κ2) is 8.31. The Balaban J connectivity index is 2.54. The van der Waals surface area contributed by atoms with Crippen molar-refractivity contribution >= 4 is 0 Å². The smallest absolute Gasteiger partial charge is 0.110 e. The van der Waals surface area contributed by atoms with E-state index in [4.69, 9.17) is 4.74 Å². The molecule has 0 unspecified atom stereocenters. The van der Waals surface area contributed by atoms with Crippen molar-refractivity contribution in [1.29, 1.82) is 0 Å². The van der Waals surface area contributed by atoms with Gasteiger partial charge in [0.2, 0.25) is 0 Å². The first-order valence-electron chi connectivity index (χ1n) is 7.05. The highest BCUT2D eigenvalue weighted by Crippen LogP contribution is 2.24. The first kappa shape index (κ1) is 16.2. The summed E-state index contributed by atoms with van der Waals surface area (Å²) in [6.45, 7) is 6.42. The lowest BCUT2D eigenvalue weighted by atomic mass is 9.90. The molecule has 4 atom stereocenters. The molecule has 0 aliphatic carbocycles. The van der Waals surface area contributed by atoms with Crippen LogP contribution in [0.4, 0.5) is 0 Å². The quantitative estimate of drug-likeness (QED) is 0.752. The molecule has 1 aliphatic heterocycles. The van der Waals surface area contributed by atoms with Crippen molar-refractivity contribution in [1.82, 2.24) is 0 Å². The van der Waals surface area contributed by atoms with Gasteiger partial charge in [0.25, 0.3) is 0 Å². The minimum Gasteiger partial charge on any atom is -0.390 e. The Morgan fingerprint density at radius 3 is 2.63 bits per heavy atom. The molecule has 108 valence electrons. The summed E-state index contributed by atoms with van der Waals surface area (Å²) in [5.41, 5.74) is 0.929. The van der Waals surface area contributed by atoms with Crippen molar-refractivity contribution in [3.05, 3.63) is 36.0 Å². The van der Waals surface area contributed by atoms with Crippen LogP contribution in [0.3, 0.4) is 0 Å². The molecule has 1 fully saturated rings. The summed E-state index contributed by atoms with van der Waals surface area (Å²) in [7, 11) is 0. The summed E-state index contributed by atoms with van der Waals surface area (Å²) in [5, 5.41) is 19.8. The van der Waals surface area contributed by atoms with Gasteiger partial charge in [0.15, 0.2) is 0 Å². The number of unbranched alkanes of at least 4 members (excludes halogenated alkanes) is 1. The van der Waals surface area contributed by atoms with Gasteiger partial charge in [-0.1, -0.05) is 50.6 Å². The Labute approximate surface area is 116 Å². The van der Waals surface area contributed by atoms with Crippen LogP contribution < -0.4 is 0 Å². The zero-order valence-electron chi connectivity index (χ0n) is 12.1. The fourth-order valence-electron chi connectivity index (χ4n) is 2.08. The van der Waals surface area contributed by atoms with Gasteiger partial charge in [-0.15, -0.1) is 0 Å². The molecule has 1 saturated heterocycles. The van der Waals surface area contributed by atoms with E-state index >= 15 is 0 Å². The number of ether oxygens (including phenoxy) is 1. The minimum atomic E-state index is -0.843. The highest BCUT2D eigenvalue weighted by molar-refractivity contribution is 5.20. The van der Waals surface area contributed by atoms with Gasteiger partial charge < -0.3 is 14.9 Å². The van der Waals surface area contributed by atoms with Gasteiger partial charge in [-0.3, -0.25) is 0 Å². The van der Waals surface area contributed by atoms with E-state index in [0.29, 0.717) is 6.61 Å². The summed E-state index contributed by atoms with van der Waals surface area (Å²) >= 11 is 0. The fourth-order valence-corrected chi connectivity index (χ4v) is 2.08. The normalized spacial score (nSPS) is 33.4. The summed E-state index contributed by atoms with van der Waals surface area (Å²) in [6, 6.07) is 0. The lowest BCUT2D eigenvalue weighted by molar-refractivity contribution is -0.147. The van der Waals surface area contributed by atoms with E-state index in [2.05, 4.69) is 13.0 Å². The van der Waals surface area contributed by atoms with Gasteiger partial charge >= 0.3 is 0 Å². The Kier molecular flexibility index (Phi) is 7.06. The molecule has 0 amide bonds. The van der Waals surface area contributed by atoms with Crippen molar-refractivity contribution in [3.63, 3.8) is 0 Å². The fraction of sp³-hybridized carbons (Fsp3) is 0.625. The van der Waals surface area contributed by atoms with Crippen LogP contribution in [0.15, 0.2) is 36.0 Å². The molecule has 1 heterocycles. The van der Waals surface area contributed by atoms with Crippen molar-refractivity contribution in [3.8, 4) is 0 Å². The maximum Gasteiger partial charge on any atom is 0.110 e. The van der Waals surface area contributed by atoms with Crippen LogP contribution in [0, 0.1) is 5.92 Å². The Hall–Kier alpha value is -0.900. The third-order valence-corrected chi connectivity index (χ3v) is 3.40. The predicted molar refractivity (Wildman–Crippen MR) is 77.9 cm³/mol. The summed E-state index contributed by atoms with van der Waals surface area (Å²) < 4.78 is 5.60. The number of aliphatic hydroxyl groups is 2. The molecule has 0 bridgehead atoms. The van der Waals surface area contributed by atoms with Crippen LogP contribution in [0.25, 0.3) is 0 Å². The van der Waals surface area contributed by atoms with Crippen LogP contribution in [0.1, 0.15) is 33.6 Å². The largest absolute Gasteiger partial charge is 0.390 e. The summed E-state index contributed by atoms with van der Waals surface area (Å²) in [6.07, 6.45) is 10.2. The standard InChI is InChI=1S/C16H26O3/c1-4-5-6-7-8-9-10-12(2)16-15(18)14(17)13(3)11-19-16/h6-10,13-18H,4-5,11H2,1-3H3/b7-6+,9-8+,12-10+/t13-,14-,15-,16+/m0/s1. The number of hydrogen-bond acceptors (Lipinski definition) is 3. The lowest BCUT2D eigenvalue weighted by Crippen LogP contribution is -2.49. The molecule has 0 saturated carbocycles. The number of allylic oxidation sites excluding steroid dienone is 5. The van der Waals surface area contributed by atoms with Gasteiger partial charge in [0.05, 0.1) is 12.7 Å². The number of aliphatic hydroxyl groups excluding tert-OH is 2. The Morgan fingerprint density at radius 1 is 1.21 bits per heavy atom. The molecule has 0 radical (unpaired) electrons. The van der Waals surface area contributed by atoms with E-state index in [-0.39, 0.29) is 5.92 Å². The van der Waals surface area contributed by atoms with Gasteiger partial charge in [0.1, 0.15) is 12.2 Å². The van der Waals surface area contributed by atoms with E-state index in [0.717, 1.165) is 18.4 Å². The zero-order chi connectivity index (χ0) is 14.3. The van der Waals surface area contributed by atoms with E-state index in [9.17, 15) is 10.2 Å². The Morgan fingerprint density at radius 2 is 1.95 bits per heavy atom. The summed E-state index contributed by atoms with van der Waals surface area (Å²) in [5.74, 6) is -0.0217. The van der Waals surface area contributed by atoms with E-state index in [1.54, 1.807) is 0 Å². The molecule has 3 heteroatoms. The molecule has 2 N–H and O–H groups in total.